The fourth-order valence-electron chi connectivity index (χ4n) is 0.520. The lowest BCUT2D eigenvalue weighted by Gasteiger charge is -1.98. The molecule has 0 heterocycles. The number of allylic oxidation sites excluding steroid dienone is 3. The standard InChI is InChI=1S/C7H13N.C2H6/c1-4-6-7(5-2)8-3;1-2/h4,6,8H,1,5H2,2-3H3;1-2H3/b7-6-;. The maximum atomic E-state index is 3.58. The highest BCUT2D eigenvalue weighted by molar-refractivity contribution is 5.07. The van der Waals surface area contributed by atoms with Crippen LogP contribution >= 0.6 is 0 Å². The van der Waals surface area contributed by atoms with Gasteiger partial charge in [-0.05, 0) is 12.5 Å². The molecule has 0 aromatic rings. The van der Waals surface area contributed by atoms with E-state index in [-0.39, 0.29) is 0 Å². The Labute approximate surface area is 64.8 Å². The van der Waals surface area contributed by atoms with Crippen molar-refractivity contribution in [2.24, 2.45) is 0 Å². The van der Waals surface area contributed by atoms with Crippen LogP contribution in [0.5, 0.6) is 0 Å². The fourth-order valence-corrected chi connectivity index (χ4v) is 0.520. The van der Waals surface area contributed by atoms with E-state index in [9.17, 15) is 0 Å². The van der Waals surface area contributed by atoms with Crippen molar-refractivity contribution in [1.29, 1.82) is 0 Å². The molecule has 1 N–H and O–H groups in total. The Balaban J connectivity index is 0. The Kier molecular flexibility index (Phi) is 13.4. The first-order valence-electron chi connectivity index (χ1n) is 3.84. The van der Waals surface area contributed by atoms with Crippen molar-refractivity contribution in [2.45, 2.75) is 27.2 Å². The molecule has 0 fully saturated rings. The maximum absolute atomic E-state index is 3.58. The van der Waals surface area contributed by atoms with Crippen LogP contribution in [-0.2, 0) is 0 Å². The lowest BCUT2D eigenvalue weighted by atomic mass is 10.3. The van der Waals surface area contributed by atoms with Crippen LogP contribution in [0.3, 0.4) is 0 Å². The van der Waals surface area contributed by atoms with Crippen LogP contribution < -0.4 is 5.32 Å². The third kappa shape index (κ3) is 7.28. The van der Waals surface area contributed by atoms with Crippen molar-refractivity contribution in [3.63, 3.8) is 0 Å². The molecule has 0 bridgehead atoms. The van der Waals surface area contributed by atoms with Crippen LogP contribution in [0.4, 0.5) is 0 Å². The second-order valence-electron chi connectivity index (χ2n) is 1.53. The summed E-state index contributed by atoms with van der Waals surface area (Å²) in [5.74, 6) is 0. The highest BCUT2D eigenvalue weighted by atomic mass is 14.8. The molecule has 1 nitrogen and oxygen atoms in total. The molecule has 0 saturated carbocycles. The van der Waals surface area contributed by atoms with E-state index in [1.807, 2.05) is 27.0 Å². The van der Waals surface area contributed by atoms with Crippen molar-refractivity contribution >= 4 is 0 Å². The Morgan fingerprint density at radius 1 is 1.50 bits per heavy atom. The molecule has 0 aliphatic carbocycles. The van der Waals surface area contributed by atoms with Crippen LogP contribution in [0.25, 0.3) is 0 Å². The van der Waals surface area contributed by atoms with Gasteiger partial charge >= 0.3 is 0 Å². The molecule has 0 atom stereocenters. The summed E-state index contributed by atoms with van der Waals surface area (Å²) >= 11 is 0. The van der Waals surface area contributed by atoms with Gasteiger partial charge in [-0.2, -0.15) is 0 Å². The monoisotopic (exact) mass is 141 g/mol. The van der Waals surface area contributed by atoms with Gasteiger partial charge in [0.2, 0.25) is 0 Å². The van der Waals surface area contributed by atoms with E-state index >= 15 is 0 Å². The van der Waals surface area contributed by atoms with Crippen LogP contribution in [-0.4, -0.2) is 7.05 Å². The van der Waals surface area contributed by atoms with Gasteiger partial charge in [-0.1, -0.05) is 33.4 Å². The van der Waals surface area contributed by atoms with Gasteiger partial charge in [-0.25, -0.2) is 0 Å². The van der Waals surface area contributed by atoms with Gasteiger partial charge in [-0.15, -0.1) is 0 Å². The van der Waals surface area contributed by atoms with Crippen LogP contribution in [0, 0.1) is 0 Å². The number of hydrogen-bond acceptors (Lipinski definition) is 1. The normalized spacial score (nSPS) is 9.40. The second-order valence-corrected chi connectivity index (χ2v) is 1.53. The van der Waals surface area contributed by atoms with E-state index in [1.54, 1.807) is 6.08 Å². The Hall–Kier alpha value is -0.720. The van der Waals surface area contributed by atoms with Gasteiger partial charge in [0.25, 0.3) is 0 Å². The summed E-state index contributed by atoms with van der Waals surface area (Å²) in [6, 6.07) is 0. The third-order valence-electron chi connectivity index (χ3n) is 1.02. The first kappa shape index (κ1) is 12.0. The average molecular weight is 141 g/mol. The first-order chi connectivity index (χ1) is 4.85. The summed E-state index contributed by atoms with van der Waals surface area (Å²) in [6.07, 6.45) is 4.80. The summed E-state index contributed by atoms with van der Waals surface area (Å²) in [7, 11) is 1.92. The summed E-state index contributed by atoms with van der Waals surface area (Å²) in [6.45, 7) is 9.68. The smallest absolute Gasteiger partial charge is 0.0101 e. The van der Waals surface area contributed by atoms with Crippen molar-refractivity contribution in [3.8, 4) is 0 Å². The van der Waals surface area contributed by atoms with Crippen LogP contribution in [0.1, 0.15) is 27.2 Å². The van der Waals surface area contributed by atoms with E-state index in [0.29, 0.717) is 0 Å². The average Bonchev–Trinajstić information content (AvgIpc) is 2.04. The quantitative estimate of drug-likeness (QED) is 0.596. The number of rotatable bonds is 3. The van der Waals surface area contributed by atoms with Gasteiger partial charge in [0.15, 0.2) is 0 Å². The van der Waals surface area contributed by atoms with Gasteiger partial charge in [0.1, 0.15) is 0 Å². The van der Waals surface area contributed by atoms with E-state index in [2.05, 4.69) is 18.8 Å². The zero-order chi connectivity index (χ0) is 8.41. The molecule has 0 rings (SSSR count). The predicted octanol–water partition coefficient (Wildman–Crippen LogP) is 2.71. The summed E-state index contributed by atoms with van der Waals surface area (Å²) < 4.78 is 0. The van der Waals surface area contributed by atoms with Crippen molar-refractivity contribution in [1.82, 2.24) is 5.32 Å². The fraction of sp³-hybridized carbons (Fsp3) is 0.556. The van der Waals surface area contributed by atoms with E-state index < -0.39 is 0 Å². The molecule has 0 amide bonds. The molecule has 0 unspecified atom stereocenters. The molecule has 0 aromatic heterocycles. The molecule has 0 spiro atoms. The highest BCUT2D eigenvalue weighted by Gasteiger charge is 1.81. The largest absolute Gasteiger partial charge is 0.391 e. The Morgan fingerprint density at radius 2 is 2.00 bits per heavy atom. The topological polar surface area (TPSA) is 12.0 Å². The van der Waals surface area contributed by atoms with Gasteiger partial charge in [0.05, 0.1) is 0 Å². The molecule has 10 heavy (non-hydrogen) atoms. The lowest BCUT2D eigenvalue weighted by molar-refractivity contribution is 0.901. The van der Waals surface area contributed by atoms with Gasteiger partial charge in [-0.3, -0.25) is 0 Å². The van der Waals surface area contributed by atoms with Crippen LogP contribution in [0.2, 0.25) is 0 Å². The van der Waals surface area contributed by atoms with Gasteiger partial charge in [0, 0.05) is 12.7 Å². The van der Waals surface area contributed by atoms with Crippen molar-refractivity contribution < 1.29 is 0 Å². The molecule has 60 valence electrons. The molecule has 0 aliphatic rings. The first-order valence-corrected chi connectivity index (χ1v) is 3.84. The molecule has 0 aromatic carbocycles. The summed E-state index contributed by atoms with van der Waals surface area (Å²) in [5.41, 5.74) is 1.22. The minimum Gasteiger partial charge on any atom is -0.391 e. The van der Waals surface area contributed by atoms with E-state index in [4.69, 9.17) is 0 Å². The minimum absolute atomic E-state index is 1.04. The predicted molar refractivity (Wildman–Crippen MR) is 49.0 cm³/mol. The maximum Gasteiger partial charge on any atom is 0.0101 e. The zero-order valence-corrected chi connectivity index (χ0v) is 7.57. The summed E-state index contributed by atoms with van der Waals surface area (Å²) in [5, 5.41) is 3.04. The SMILES string of the molecule is C=C/C=C(/CC)NC.CC. The molecule has 0 saturated heterocycles. The third-order valence-corrected chi connectivity index (χ3v) is 1.02. The lowest BCUT2D eigenvalue weighted by Crippen LogP contribution is -2.03. The Morgan fingerprint density at radius 3 is 2.10 bits per heavy atom. The van der Waals surface area contributed by atoms with E-state index in [0.717, 1.165) is 6.42 Å². The summed E-state index contributed by atoms with van der Waals surface area (Å²) in [4.78, 5) is 0. The molecular formula is C9H19N. The molecular weight excluding hydrogens is 122 g/mol. The van der Waals surface area contributed by atoms with E-state index in [1.165, 1.54) is 5.70 Å². The van der Waals surface area contributed by atoms with Crippen LogP contribution in [0.15, 0.2) is 24.4 Å². The zero-order valence-electron chi connectivity index (χ0n) is 7.57. The molecule has 0 radical (unpaired) electrons. The number of hydrogen-bond donors (Lipinski definition) is 1. The second kappa shape index (κ2) is 11.1. The van der Waals surface area contributed by atoms with Gasteiger partial charge < -0.3 is 5.32 Å². The highest BCUT2D eigenvalue weighted by Crippen LogP contribution is 1.92. The number of nitrogens with one attached hydrogen (secondary N) is 1. The molecule has 0 aliphatic heterocycles. The molecule has 1 heteroatoms. The van der Waals surface area contributed by atoms with Crippen molar-refractivity contribution in [3.05, 3.63) is 24.4 Å². The minimum atomic E-state index is 1.04. The Bertz CT molecular complexity index is 86.9. The van der Waals surface area contributed by atoms with Crippen molar-refractivity contribution in [2.75, 3.05) is 7.05 Å².